The molecule has 3 N–H and O–H groups in total. The summed E-state index contributed by atoms with van der Waals surface area (Å²) in [5.41, 5.74) is 2.20. The van der Waals surface area contributed by atoms with Gasteiger partial charge in [-0.15, -0.1) is 0 Å². The molecule has 2 fully saturated rings. The van der Waals surface area contributed by atoms with E-state index in [1.165, 1.54) is 23.4 Å². The van der Waals surface area contributed by atoms with Gasteiger partial charge in [-0.3, -0.25) is 4.79 Å². The summed E-state index contributed by atoms with van der Waals surface area (Å²) in [6, 6.07) is 3.77. The van der Waals surface area contributed by atoms with Crippen LogP contribution in [0.1, 0.15) is 49.7 Å². The number of hydrogen-bond donors (Lipinski definition) is 3. The van der Waals surface area contributed by atoms with E-state index in [1.807, 2.05) is 25.3 Å². The van der Waals surface area contributed by atoms with Crippen molar-refractivity contribution < 1.29 is 33.7 Å². The molecule has 46 heavy (non-hydrogen) atoms. The van der Waals surface area contributed by atoms with Crippen molar-refractivity contribution in [2.45, 2.75) is 91.1 Å². The molecule has 5 rings (SSSR count). The molecule has 11 nitrogen and oxygen atoms in total. The summed E-state index contributed by atoms with van der Waals surface area (Å²) in [6.45, 7) is 15.3. The van der Waals surface area contributed by atoms with Gasteiger partial charge >= 0.3 is 6.09 Å². The van der Waals surface area contributed by atoms with E-state index in [4.69, 9.17) is 9.47 Å². The van der Waals surface area contributed by atoms with Gasteiger partial charge in [0.1, 0.15) is 35.8 Å². The third kappa shape index (κ3) is 7.21. The number of hydrogen-bond acceptors (Lipinski definition) is 7. The number of aliphatic hydroxyl groups is 1. The minimum atomic E-state index is -1.37. The summed E-state index contributed by atoms with van der Waals surface area (Å²) in [7, 11) is -1.37. The van der Waals surface area contributed by atoms with Crippen LogP contribution in [0.2, 0.25) is 25.7 Å². The summed E-state index contributed by atoms with van der Waals surface area (Å²) in [5, 5.41) is 23.8. The van der Waals surface area contributed by atoms with Gasteiger partial charge in [0.2, 0.25) is 0 Å². The van der Waals surface area contributed by atoms with Crippen LogP contribution < -0.4 is 10.1 Å². The zero-order valence-corrected chi connectivity index (χ0v) is 28.8. The van der Waals surface area contributed by atoms with Gasteiger partial charge in [-0.2, -0.15) is 0 Å². The van der Waals surface area contributed by atoms with E-state index in [2.05, 4.69) is 34.9 Å². The first-order valence-corrected chi connectivity index (χ1v) is 19.6. The van der Waals surface area contributed by atoms with Crippen LogP contribution in [-0.2, 0) is 11.5 Å². The molecule has 0 bridgehead atoms. The van der Waals surface area contributed by atoms with Crippen molar-refractivity contribution in [1.29, 1.82) is 0 Å². The number of aliphatic hydroxyl groups excluding tert-OH is 1. The van der Waals surface area contributed by atoms with Gasteiger partial charge in [0.15, 0.2) is 0 Å². The van der Waals surface area contributed by atoms with Gasteiger partial charge in [-0.05, 0) is 49.3 Å². The normalized spacial score (nSPS) is 20.4. The van der Waals surface area contributed by atoms with Gasteiger partial charge in [0, 0.05) is 32.0 Å². The standard InChI is InChI=1S/C33H46FN5O6Si/c1-19-25(31(41)37-27-23(40)15-38(32(42)43)30(27)33(2,3)4)28-29(39(19)18-44-12-13-46(5,6)7)26(35-17-36-28)22-11-10-21(34)14-24(22)45-16-20-8-9-20/h10-11,14,17,20,23,27,30,40H,8-9,12-13,15-16,18H2,1-7H3,(H,37,41)(H,42,43)/t23-,27-,30?/m0/s1. The predicted octanol–water partition coefficient (Wildman–Crippen LogP) is 5.51. The van der Waals surface area contributed by atoms with Crippen LogP contribution in [-0.4, -0.2) is 87.7 Å². The number of amides is 2. The van der Waals surface area contributed by atoms with Gasteiger partial charge in [-0.25, -0.2) is 19.2 Å². The summed E-state index contributed by atoms with van der Waals surface area (Å²) in [4.78, 5) is 36.6. The molecule has 1 unspecified atom stereocenters. The van der Waals surface area contributed by atoms with Crippen molar-refractivity contribution in [2.24, 2.45) is 11.3 Å². The minimum absolute atomic E-state index is 0.117. The fourth-order valence-electron chi connectivity index (χ4n) is 6.19. The zero-order valence-electron chi connectivity index (χ0n) is 27.8. The molecule has 1 saturated carbocycles. The average molecular weight is 656 g/mol. The SMILES string of the molecule is Cc1c(C(=O)N[C@@H]2C(C(C)(C)C)N(C(=O)O)C[C@@H]2O)c2ncnc(-c3ccc(F)cc3OCC3CC3)c2n1COCC[Si](C)(C)C. The van der Waals surface area contributed by atoms with E-state index >= 15 is 0 Å². The molecular formula is C33H46FN5O6Si. The molecule has 3 aromatic rings. The Labute approximate surface area is 270 Å². The molecule has 250 valence electrons. The predicted molar refractivity (Wildman–Crippen MR) is 175 cm³/mol. The third-order valence-corrected chi connectivity index (χ3v) is 10.5. The number of β-amino-alcohol motifs (C(OH)–C–C–N with tert-alkyl or cyclic N) is 1. The van der Waals surface area contributed by atoms with Crippen LogP contribution >= 0.6 is 0 Å². The fraction of sp³-hybridized carbons (Fsp3) is 0.576. The van der Waals surface area contributed by atoms with Gasteiger partial charge in [-0.1, -0.05) is 40.4 Å². The smallest absolute Gasteiger partial charge is 0.407 e. The number of aromatic nitrogens is 3. The lowest BCUT2D eigenvalue weighted by molar-refractivity contribution is 0.0780. The monoisotopic (exact) mass is 655 g/mol. The Morgan fingerprint density at radius 1 is 1.17 bits per heavy atom. The summed E-state index contributed by atoms with van der Waals surface area (Å²) in [5.74, 6) is -0.121. The maximum Gasteiger partial charge on any atom is 0.407 e. The molecule has 2 amide bonds. The van der Waals surface area contributed by atoms with E-state index < -0.39 is 49.5 Å². The minimum Gasteiger partial charge on any atom is -0.492 e. The van der Waals surface area contributed by atoms with Crippen molar-refractivity contribution in [3.05, 3.63) is 41.6 Å². The lowest BCUT2D eigenvalue weighted by Gasteiger charge is -2.37. The number of fused-ring (bicyclic) bond motifs is 1. The van der Waals surface area contributed by atoms with E-state index in [-0.39, 0.29) is 18.8 Å². The Bertz CT molecular complexity index is 1610. The Kier molecular flexibility index (Phi) is 9.49. The summed E-state index contributed by atoms with van der Waals surface area (Å²) >= 11 is 0. The Morgan fingerprint density at radius 3 is 2.52 bits per heavy atom. The number of benzene rings is 1. The van der Waals surface area contributed by atoms with Crippen molar-refractivity contribution in [3.63, 3.8) is 0 Å². The molecule has 3 heterocycles. The molecular weight excluding hydrogens is 609 g/mol. The average Bonchev–Trinajstić information content (AvgIpc) is 3.66. The van der Waals surface area contributed by atoms with Crippen LogP contribution in [0.5, 0.6) is 5.75 Å². The first-order chi connectivity index (χ1) is 21.6. The van der Waals surface area contributed by atoms with Crippen LogP contribution in [0.15, 0.2) is 24.5 Å². The number of ether oxygens (including phenoxy) is 2. The Balaban J connectivity index is 1.59. The number of carbonyl (C=O) groups excluding carboxylic acids is 1. The van der Waals surface area contributed by atoms with Crippen LogP contribution in [0, 0.1) is 24.1 Å². The second-order valence-electron chi connectivity index (χ2n) is 14.9. The molecule has 1 saturated heterocycles. The van der Waals surface area contributed by atoms with E-state index in [0.29, 0.717) is 52.9 Å². The lowest BCUT2D eigenvalue weighted by atomic mass is 9.82. The van der Waals surface area contributed by atoms with Crippen LogP contribution in [0.25, 0.3) is 22.3 Å². The summed E-state index contributed by atoms with van der Waals surface area (Å²) < 4.78 is 28.5. The molecule has 1 aliphatic heterocycles. The van der Waals surface area contributed by atoms with Crippen LogP contribution in [0.4, 0.5) is 9.18 Å². The first kappa shape index (κ1) is 33.8. The fourth-order valence-corrected chi connectivity index (χ4v) is 6.95. The highest BCUT2D eigenvalue weighted by Crippen LogP contribution is 2.39. The Hall–Kier alpha value is -3.55. The molecule has 1 aromatic carbocycles. The molecule has 1 aliphatic carbocycles. The number of nitrogens with zero attached hydrogens (tertiary/aromatic N) is 4. The third-order valence-electron chi connectivity index (χ3n) is 8.81. The molecule has 2 aliphatic rings. The van der Waals surface area contributed by atoms with Gasteiger partial charge < -0.3 is 34.5 Å². The number of halogens is 1. The first-order valence-electron chi connectivity index (χ1n) is 15.9. The highest BCUT2D eigenvalue weighted by molar-refractivity contribution is 6.76. The maximum absolute atomic E-state index is 14.4. The van der Waals surface area contributed by atoms with Gasteiger partial charge in [0.25, 0.3) is 5.91 Å². The Morgan fingerprint density at radius 2 is 1.89 bits per heavy atom. The van der Waals surface area contributed by atoms with E-state index in [1.54, 1.807) is 13.0 Å². The maximum atomic E-state index is 14.4. The number of nitrogens with one attached hydrogen (secondary N) is 1. The zero-order chi connectivity index (χ0) is 33.6. The van der Waals surface area contributed by atoms with E-state index in [9.17, 15) is 24.2 Å². The second kappa shape index (κ2) is 12.9. The summed E-state index contributed by atoms with van der Waals surface area (Å²) in [6.07, 6.45) is 1.27. The van der Waals surface area contributed by atoms with Crippen molar-refractivity contribution >= 4 is 31.1 Å². The quantitative estimate of drug-likeness (QED) is 0.182. The molecule has 13 heteroatoms. The highest BCUT2D eigenvalue weighted by atomic mass is 28.3. The molecule has 0 spiro atoms. The second-order valence-corrected chi connectivity index (χ2v) is 20.5. The van der Waals surface area contributed by atoms with Crippen molar-refractivity contribution in [3.8, 4) is 17.0 Å². The molecule has 2 aromatic heterocycles. The van der Waals surface area contributed by atoms with Crippen molar-refractivity contribution in [2.75, 3.05) is 19.8 Å². The lowest BCUT2D eigenvalue weighted by Crippen LogP contribution is -2.54. The number of likely N-dealkylation sites (tertiary alicyclic amines) is 1. The van der Waals surface area contributed by atoms with Crippen LogP contribution in [0.3, 0.4) is 0 Å². The topological polar surface area (TPSA) is 139 Å². The van der Waals surface area contributed by atoms with E-state index in [0.717, 1.165) is 18.9 Å². The van der Waals surface area contributed by atoms with Crippen molar-refractivity contribution in [1.82, 2.24) is 24.8 Å². The largest absolute Gasteiger partial charge is 0.492 e. The number of carbonyl (C=O) groups is 2. The number of carboxylic acid groups (broad SMARTS) is 1. The van der Waals surface area contributed by atoms with Gasteiger partial charge in [0.05, 0.1) is 42.4 Å². The number of rotatable bonds is 11. The molecule has 3 atom stereocenters. The molecule has 0 radical (unpaired) electrons. The highest BCUT2D eigenvalue weighted by Gasteiger charge is 2.50.